The monoisotopic (exact) mass is 536 g/mol. The second-order valence-electron chi connectivity index (χ2n) is 8.13. The normalized spacial score (nSPS) is 10.7. The Morgan fingerprint density at radius 1 is 0.625 bits per heavy atom. The SMILES string of the molecule is CCCCn1c(-c2ccccc2)c(-c2ccccc2)[n+](CCCC)c1-c1ccccc1.[I-]. The Balaban J connectivity index is 0.00000289. The van der Waals surface area contributed by atoms with Gasteiger partial charge in [-0.05, 0) is 25.0 Å². The standard InChI is InChI=1S/C29H33N2.HI/c1-3-5-22-30-27(24-16-10-7-11-17-24)28(25-18-12-8-13-19-25)31(23-6-4-2)29(30)26-20-14-9-15-21-26;/h7-21H,3-6,22-23H2,1-2H3;1H/q+1;/p-1. The van der Waals surface area contributed by atoms with Crippen LogP contribution in [0.25, 0.3) is 33.9 Å². The Labute approximate surface area is 210 Å². The number of aromatic nitrogens is 2. The summed E-state index contributed by atoms with van der Waals surface area (Å²) in [6, 6.07) is 32.8. The van der Waals surface area contributed by atoms with Crippen LogP contribution in [0, 0.1) is 0 Å². The molecule has 2 nitrogen and oxygen atoms in total. The van der Waals surface area contributed by atoms with E-state index >= 15 is 0 Å². The lowest BCUT2D eigenvalue weighted by molar-refractivity contribution is -0.675. The van der Waals surface area contributed by atoms with Crippen LogP contribution in [0.4, 0.5) is 0 Å². The summed E-state index contributed by atoms with van der Waals surface area (Å²) in [5.41, 5.74) is 6.51. The number of benzene rings is 3. The molecule has 1 heterocycles. The summed E-state index contributed by atoms with van der Waals surface area (Å²) in [7, 11) is 0. The Hall–Kier alpha value is -2.40. The van der Waals surface area contributed by atoms with E-state index in [-0.39, 0.29) is 24.0 Å². The summed E-state index contributed by atoms with van der Waals surface area (Å²) >= 11 is 0. The molecule has 3 aromatic carbocycles. The van der Waals surface area contributed by atoms with Gasteiger partial charge in [-0.1, -0.05) is 106 Å². The van der Waals surface area contributed by atoms with Crippen LogP contribution < -0.4 is 28.5 Å². The lowest BCUT2D eigenvalue weighted by Gasteiger charge is -2.07. The molecule has 4 aromatic rings. The smallest absolute Gasteiger partial charge is 0.289 e. The number of halogens is 1. The third-order valence-electron chi connectivity index (χ3n) is 5.87. The Morgan fingerprint density at radius 2 is 1.12 bits per heavy atom. The molecule has 4 rings (SSSR count). The van der Waals surface area contributed by atoms with Crippen molar-refractivity contribution in [3.8, 4) is 33.9 Å². The summed E-state index contributed by atoms with van der Waals surface area (Å²) < 4.78 is 5.15. The third kappa shape index (κ3) is 5.15. The van der Waals surface area contributed by atoms with Gasteiger partial charge in [0.05, 0.1) is 18.7 Å². The van der Waals surface area contributed by atoms with E-state index in [1.807, 2.05) is 0 Å². The molecule has 0 N–H and O–H groups in total. The summed E-state index contributed by atoms with van der Waals surface area (Å²) in [6.07, 6.45) is 4.68. The Morgan fingerprint density at radius 3 is 1.66 bits per heavy atom. The largest absolute Gasteiger partial charge is 1.00 e. The molecule has 0 radical (unpaired) electrons. The number of unbranched alkanes of at least 4 members (excludes halogenated alkanes) is 2. The van der Waals surface area contributed by atoms with Crippen LogP contribution >= 0.6 is 0 Å². The van der Waals surface area contributed by atoms with Gasteiger partial charge >= 0.3 is 0 Å². The molecule has 0 aliphatic carbocycles. The van der Waals surface area contributed by atoms with Crippen LogP contribution in [0.15, 0.2) is 91.0 Å². The summed E-state index contributed by atoms with van der Waals surface area (Å²) in [5.74, 6) is 1.32. The molecular weight excluding hydrogens is 503 g/mol. The fourth-order valence-corrected chi connectivity index (χ4v) is 4.36. The molecule has 0 atom stereocenters. The quantitative estimate of drug-likeness (QED) is 0.222. The maximum Gasteiger partial charge on any atom is 0.289 e. The van der Waals surface area contributed by atoms with E-state index in [4.69, 9.17) is 0 Å². The second-order valence-corrected chi connectivity index (χ2v) is 8.13. The molecule has 0 saturated heterocycles. The van der Waals surface area contributed by atoms with Crippen LogP contribution in [0.5, 0.6) is 0 Å². The number of rotatable bonds is 9. The third-order valence-corrected chi connectivity index (χ3v) is 5.87. The van der Waals surface area contributed by atoms with Crippen molar-refractivity contribution < 1.29 is 28.5 Å². The van der Waals surface area contributed by atoms with Crippen molar-refractivity contribution in [2.75, 3.05) is 0 Å². The Kier molecular flexibility index (Phi) is 9.10. The van der Waals surface area contributed by atoms with Gasteiger partial charge < -0.3 is 24.0 Å². The molecule has 0 aliphatic heterocycles. The van der Waals surface area contributed by atoms with Crippen LogP contribution in [0.2, 0.25) is 0 Å². The average molecular weight is 537 g/mol. The molecule has 0 spiro atoms. The van der Waals surface area contributed by atoms with Gasteiger partial charge in [0.1, 0.15) is 0 Å². The number of imidazole rings is 1. The first-order chi connectivity index (χ1) is 15.3. The van der Waals surface area contributed by atoms with Crippen molar-refractivity contribution in [1.29, 1.82) is 0 Å². The van der Waals surface area contributed by atoms with Gasteiger partial charge in [0.15, 0.2) is 11.4 Å². The van der Waals surface area contributed by atoms with Gasteiger partial charge in [-0.3, -0.25) is 0 Å². The second kappa shape index (κ2) is 12.0. The van der Waals surface area contributed by atoms with E-state index in [1.54, 1.807) is 0 Å². The highest BCUT2D eigenvalue weighted by molar-refractivity contribution is 5.79. The maximum absolute atomic E-state index is 2.58. The van der Waals surface area contributed by atoms with E-state index in [1.165, 1.54) is 46.7 Å². The summed E-state index contributed by atoms with van der Waals surface area (Å²) in [4.78, 5) is 0. The highest BCUT2D eigenvalue weighted by Gasteiger charge is 2.32. The maximum atomic E-state index is 2.58. The van der Waals surface area contributed by atoms with Crippen molar-refractivity contribution >= 4 is 0 Å². The molecule has 0 saturated carbocycles. The molecule has 1 aromatic heterocycles. The van der Waals surface area contributed by atoms with Crippen LogP contribution in [0.3, 0.4) is 0 Å². The van der Waals surface area contributed by atoms with E-state index in [9.17, 15) is 0 Å². The summed E-state index contributed by atoms with van der Waals surface area (Å²) in [5, 5.41) is 0. The van der Waals surface area contributed by atoms with Crippen LogP contribution in [0.1, 0.15) is 39.5 Å². The number of hydrogen-bond acceptors (Lipinski definition) is 0. The lowest BCUT2D eigenvalue weighted by atomic mass is 10.0. The predicted octanol–water partition coefficient (Wildman–Crippen LogP) is 4.38. The molecular formula is C29H33IN2. The first kappa shape index (κ1) is 24.2. The Bertz CT molecular complexity index is 1020. The van der Waals surface area contributed by atoms with Gasteiger partial charge in [-0.2, -0.15) is 0 Å². The van der Waals surface area contributed by atoms with Gasteiger partial charge in [0.2, 0.25) is 0 Å². The van der Waals surface area contributed by atoms with Crippen molar-refractivity contribution in [3.63, 3.8) is 0 Å². The molecule has 0 bridgehead atoms. The average Bonchev–Trinajstić information content (AvgIpc) is 3.16. The lowest BCUT2D eigenvalue weighted by Crippen LogP contribution is -3.00. The predicted molar refractivity (Wildman–Crippen MR) is 131 cm³/mol. The van der Waals surface area contributed by atoms with Gasteiger partial charge in [-0.15, -0.1) is 0 Å². The molecule has 0 unspecified atom stereocenters. The topological polar surface area (TPSA) is 8.81 Å². The number of hydrogen-bond donors (Lipinski definition) is 0. The van der Waals surface area contributed by atoms with Crippen molar-refractivity contribution in [2.45, 2.75) is 52.6 Å². The van der Waals surface area contributed by atoms with E-state index in [0.29, 0.717) is 0 Å². The van der Waals surface area contributed by atoms with Crippen molar-refractivity contribution in [3.05, 3.63) is 91.0 Å². The molecule has 166 valence electrons. The highest BCUT2D eigenvalue weighted by Crippen LogP contribution is 2.35. The van der Waals surface area contributed by atoms with Crippen LogP contribution in [-0.2, 0) is 13.1 Å². The minimum atomic E-state index is 0. The molecule has 0 amide bonds. The van der Waals surface area contributed by atoms with Crippen molar-refractivity contribution in [2.24, 2.45) is 0 Å². The van der Waals surface area contributed by atoms with Crippen molar-refractivity contribution in [1.82, 2.24) is 4.57 Å². The number of nitrogens with zero attached hydrogens (tertiary/aromatic N) is 2. The van der Waals surface area contributed by atoms with Gasteiger partial charge in [-0.25, -0.2) is 9.13 Å². The zero-order chi connectivity index (χ0) is 21.5. The minimum absolute atomic E-state index is 0. The first-order valence-corrected chi connectivity index (χ1v) is 11.7. The van der Waals surface area contributed by atoms with E-state index < -0.39 is 0 Å². The zero-order valence-corrected chi connectivity index (χ0v) is 21.3. The fourth-order valence-electron chi connectivity index (χ4n) is 4.36. The molecule has 32 heavy (non-hydrogen) atoms. The fraction of sp³-hybridized carbons (Fsp3) is 0.276. The van der Waals surface area contributed by atoms with E-state index in [2.05, 4.69) is 114 Å². The minimum Gasteiger partial charge on any atom is -1.00 e. The van der Waals surface area contributed by atoms with Gasteiger partial charge in [0.25, 0.3) is 5.82 Å². The molecule has 3 heteroatoms. The molecule has 0 aliphatic rings. The highest BCUT2D eigenvalue weighted by atomic mass is 127. The van der Waals surface area contributed by atoms with Gasteiger partial charge in [0, 0.05) is 11.1 Å². The zero-order valence-electron chi connectivity index (χ0n) is 19.2. The van der Waals surface area contributed by atoms with E-state index in [0.717, 1.165) is 25.9 Å². The molecule has 0 fully saturated rings. The first-order valence-electron chi connectivity index (χ1n) is 11.7. The van der Waals surface area contributed by atoms with Crippen LogP contribution in [-0.4, -0.2) is 4.57 Å². The summed E-state index contributed by atoms with van der Waals surface area (Å²) in [6.45, 7) is 6.59.